The standard InChI is InChI=1S/C20H16ClNS/c21-18-9-10-19-20(12-18)23(14-22-19)13-15-5-4-8-17(11-15)16-6-2-1-3-7-16/h1-12,14,23H,13H2. The number of fused-ring (bicyclic) bond motifs is 1. The molecule has 0 spiro atoms. The normalized spacial score (nSPS) is 17.2. The SMILES string of the molecule is Clc1ccc2c(c1)[SH](Cc1cccc(-c3ccccc3)c1)C=N2. The number of halogens is 1. The summed E-state index contributed by atoms with van der Waals surface area (Å²) in [6, 6.07) is 25.3. The van der Waals surface area contributed by atoms with Gasteiger partial charge in [0.2, 0.25) is 0 Å². The van der Waals surface area contributed by atoms with Gasteiger partial charge in [0.05, 0.1) is 5.69 Å². The average Bonchev–Trinajstić information content (AvgIpc) is 2.98. The Morgan fingerprint density at radius 1 is 0.826 bits per heavy atom. The van der Waals surface area contributed by atoms with E-state index in [0.29, 0.717) is 0 Å². The van der Waals surface area contributed by atoms with Crippen LogP contribution in [-0.4, -0.2) is 5.55 Å². The van der Waals surface area contributed by atoms with Gasteiger partial charge in [-0.3, -0.25) is 4.99 Å². The average molecular weight is 338 g/mol. The molecule has 0 saturated heterocycles. The highest BCUT2D eigenvalue weighted by molar-refractivity contribution is 8.28. The minimum absolute atomic E-state index is 0.411. The van der Waals surface area contributed by atoms with Crippen molar-refractivity contribution >= 4 is 33.7 Å². The smallest absolute Gasteiger partial charge is 0.0758 e. The van der Waals surface area contributed by atoms with Gasteiger partial charge in [0, 0.05) is 21.2 Å². The number of thiol groups is 1. The lowest BCUT2D eigenvalue weighted by atomic mass is 10.0. The minimum Gasteiger partial charge on any atom is -0.250 e. The summed E-state index contributed by atoms with van der Waals surface area (Å²) < 4.78 is 0. The molecule has 3 aromatic rings. The Kier molecular flexibility index (Phi) is 3.94. The topological polar surface area (TPSA) is 12.4 Å². The summed E-state index contributed by atoms with van der Waals surface area (Å²) in [5.74, 6) is 1.01. The maximum Gasteiger partial charge on any atom is 0.0758 e. The number of rotatable bonds is 3. The first-order valence-corrected chi connectivity index (χ1v) is 9.52. The number of hydrogen-bond donors (Lipinski definition) is 1. The van der Waals surface area contributed by atoms with E-state index in [0.717, 1.165) is 16.5 Å². The molecule has 3 aromatic carbocycles. The molecule has 0 bridgehead atoms. The number of nitrogens with zero attached hydrogens (tertiary/aromatic N) is 1. The Hall–Kier alpha value is -2.03. The molecule has 0 N–H and O–H groups in total. The Morgan fingerprint density at radius 2 is 1.65 bits per heavy atom. The molecule has 0 fully saturated rings. The number of benzene rings is 3. The first-order valence-electron chi connectivity index (χ1n) is 7.54. The van der Waals surface area contributed by atoms with Gasteiger partial charge in [-0.15, -0.1) is 0 Å². The molecular formula is C20H16ClNS. The first kappa shape index (κ1) is 14.6. The largest absolute Gasteiger partial charge is 0.250 e. The highest BCUT2D eigenvalue weighted by atomic mass is 35.5. The Balaban J connectivity index is 1.62. The maximum absolute atomic E-state index is 6.15. The zero-order chi connectivity index (χ0) is 15.6. The molecule has 0 radical (unpaired) electrons. The van der Waals surface area contributed by atoms with Crippen LogP contribution < -0.4 is 0 Å². The summed E-state index contributed by atoms with van der Waals surface area (Å²) in [6.45, 7) is 0. The van der Waals surface area contributed by atoms with E-state index in [1.165, 1.54) is 21.6 Å². The Morgan fingerprint density at radius 3 is 2.52 bits per heavy atom. The molecular weight excluding hydrogens is 322 g/mol. The lowest BCUT2D eigenvalue weighted by Gasteiger charge is -2.15. The van der Waals surface area contributed by atoms with Crippen molar-refractivity contribution < 1.29 is 0 Å². The van der Waals surface area contributed by atoms with Crippen molar-refractivity contribution in [3.8, 4) is 11.1 Å². The fourth-order valence-electron chi connectivity index (χ4n) is 2.83. The zero-order valence-electron chi connectivity index (χ0n) is 12.5. The lowest BCUT2D eigenvalue weighted by Crippen LogP contribution is -1.89. The molecule has 23 heavy (non-hydrogen) atoms. The van der Waals surface area contributed by atoms with Crippen molar-refractivity contribution in [2.45, 2.75) is 10.6 Å². The van der Waals surface area contributed by atoms with Crippen LogP contribution in [0.2, 0.25) is 5.02 Å². The van der Waals surface area contributed by atoms with Gasteiger partial charge in [0.15, 0.2) is 0 Å². The second-order valence-corrected chi connectivity index (χ2v) is 7.98. The summed E-state index contributed by atoms with van der Waals surface area (Å²) in [6.07, 6.45) is 0. The monoisotopic (exact) mass is 337 g/mol. The van der Waals surface area contributed by atoms with Gasteiger partial charge in [-0.05, 0) is 34.9 Å². The Labute approximate surface area is 144 Å². The number of aliphatic imine (C=N–C) groups is 1. The lowest BCUT2D eigenvalue weighted by molar-refractivity contribution is 1.36. The van der Waals surface area contributed by atoms with Crippen molar-refractivity contribution in [1.82, 2.24) is 0 Å². The van der Waals surface area contributed by atoms with Crippen molar-refractivity contribution in [2.75, 3.05) is 0 Å². The molecule has 0 aliphatic carbocycles. The van der Waals surface area contributed by atoms with Gasteiger partial charge in [0.25, 0.3) is 0 Å². The molecule has 1 aliphatic rings. The van der Waals surface area contributed by atoms with Crippen molar-refractivity contribution in [2.24, 2.45) is 4.99 Å². The fourth-order valence-corrected chi connectivity index (χ4v) is 5.04. The van der Waals surface area contributed by atoms with Gasteiger partial charge in [0.1, 0.15) is 0 Å². The quantitative estimate of drug-likeness (QED) is 0.543. The molecule has 0 aromatic heterocycles. The molecule has 114 valence electrons. The van der Waals surface area contributed by atoms with Crippen molar-refractivity contribution in [1.29, 1.82) is 0 Å². The highest BCUT2D eigenvalue weighted by Crippen LogP contribution is 2.48. The predicted octanol–water partition coefficient (Wildman–Crippen LogP) is 6.24. The van der Waals surface area contributed by atoms with E-state index in [1.54, 1.807) is 0 Å². The molecule has 3 heteroatoms. The van der Waals surface area contributed by atoms with Crippen molar-refractivity contribution in [3.63, 3.8) is 0 Å². The van der Waals surface area contributed by atoms with E-state index in [4.69, 9.17) is 11.6 Å². The second-order valence-electron chi connectivity index (χ2n) is 5.57. The summed E-state index contributed by atoms with van der Waals surface area (Å²) in [5, 5.41) is 0.791. The highest BCUT2D eigenvalue weighted by Gasteiger charge is 2.16. The van der Waals surface area contributed by atoms with Crippen LogP contribution in [0.4, 0.5) is 5.69 Å². The molecule has 1 unspecified atom stereocenters. The van der Waals surface area contributed by atoms with Crippen LogP contribution in [0.15, 0.2) is 82.7 Å². The van der Waals surface area contributed by atoms with E-state index < -0.39 is 10.9 Å². The molecule has 1 heterocycles. The summed E-state index contributed by atoms with van der Waals surface area (Å²) in [4.78, 5) is 5.83. The molecule has 1 nitrogen and oxygen atoms in total. The van der Waals surface area contributed by atoms with E-state index in [2.05, 4.69) is 65.1 Å². The van der Waals surface area contributed by atoms with Gasteiger partial charge in [-0.25, -0.2) is 0 Å². The predicted molar refractivity (Wildman–Crippen MR) is 102 cm³/mol. The van der Waals surface area contributed by atoms with Crippen LogP contribution in [0.1, 0.15) is 5.56 Å². The van der Waals surface area contributed by atoms with Crippen LogP contribution in [0.3, 0.4) is 0 Å². The second kappa shape index (κ2) is 6.23. The van der Waals surface area contributed by atoms with Crippen LogP contribution in [0.5, 0.6) is 0 Å². The van der Waals surface area contributed by atoms with Crippen LogP contribution in [-0.2, 0) is 5.75 Å². The van der Waals surface area contributed by atoms with Gasteiger partial charge < -0.3 is 0 Å². The summed E-state index contributed by atoms with van der Waals surface area (Å²) in [5.41, 5.74) is 7.04. The third-order valence-corrected chi connectivity index (χ3v) is 6.28. The molecule has 0 amide bonds. The van der Waals surface area contributed by atoms with Crippen LogP contribution in [0, 0.1) is 0 Å². The van der Waals surface area contributed by atoms with Gasteiger partial charge in [-0.1, -0.05) is 66.2 Å². The minimum atomic E-state index is -0.411. The molecule has 0 saturated carbocycles. The summed E-state index contributed by atoms with van der Waals surface area (Å²) in [7, 11) is -0.411. The maximum atomic E-state index is 6.15. The van der Waals surface area contributed by atoms with Crippen molar-refractivity contribution in [3.05, 3.63) is 83.4 Å². The van der Waals surface area contributed by atoms with Crippen LogP contribution in [0.25, 0.3) is 11.1 Å². The van der Waals surface area contributed by atoms with Gasteiger partial charge in [-0.2, -0.15) is 10.9 Å². The Bertz CT molecular complexity index is 874. The third kappa shape index (κ3) is 3.05. The molecule has 4 rings (SSSR count). The number of hydrogen-bond acceptors (Lipinski definition) is 1. The van der Waals surface area contributed by atoms with Gasteiger partial charge >= 0.3 is 0 Å². The van der Waals surface area contributed by atoms with E-state index in [9.17, 15) is 0 Å². The van der Waals surface area contributed by atoms with E-state index in [1.807, 2.05) is 18.2 Å². The van der Waals surface area contributed by atoms with Crippen LogP contribution >= 0.6 is 22.5 Å². The van der Waals surface area contributed by atoms with E-state index >= 15 is 0 Å². The first-order chi connectivity index (χ1) is 11.3. The third-order valence-electron chi connectivity index (χ3n) is 3.97. The fraction of sp³-hybridized carbons (Fsp3) is 0.0500. The van der Waals surface area contributed by atoms with E-state index in [-0.39, 0.29) is 0 Å². The summed E-state index contributed by atoms with van der Waals surface area (Å²) >= 11 is 6.15. The molecule has 1 atom stereocenters. The zero-order valence-corrected chi connectivity index (χ0v) is 14.1. The molecule has 1 aliphatic heterocycles.